The number of amides is 1. The van der Waals surface area contributed by atoms with Crippen molar-refractivity contribution in [3.05, 3.63) is 52.1 Å². The molecule has 0 atom stereocenters. The molecular weight excluding hydrogens is 419 g/mol. The number of ether oxygens (including phenoxy) is 2. The third kappa shape index (κ3) is 6.76. The van der Waals surface area contributed by atoms with E-state index >= 15 is 0 Å². The van der Waals surface area contributed by atoms with Crippen LogP contribution in [0.5, 0.6) is 5.75 Å². The summed E-state index contributed by atoms with van der Waals surface area (Å²) in [5.74, 6) is 0.650. The molecule has 6 heteroatoms. The van der Waals surface area contributed by atoms with Crippen LogP contribution >= 0.6 is 22.6 Å². The fraction of sp³-hybridized carbons (Fsp3) is 0.278. The molecule has 24 heavy (non-hydrogen) atoms. The third-order valence-electron chi connectivity index (χ3n) is 3.12. The molecule has 0 heterocycles. The second kappa shape index (κ2) is 10.1. The number of hydrogen-bond acceptors (Lipinski definition) is 4. The molecule has 0 bridgehead atoms. The molecule has 0 saturated carbocycles. The van der Waals surface area contributed by atoms with Crippen LogP contribution in [0.25, 0.3) is 0 Å². The molecule has 0 saturated heterocycles. The molecule has 0 aliphatic carbocycles. The van der Waals surface area contributed by atoms with E-state index in [0.717, 1.165) is 20.7 Å². The highest BCUT2D eigenvalue weighted by Crippen LogP contribution is 2.17. The first-order chi connectivity index (χ1) is 11.7. The number of carbonyl (C=O) groups excluding carboxylic acids is 1. The van der Waals surface area contributed by atoms with Gasteiger partial charge in [0.25, 0.3) is 0 Å². The summed E-state index contributed by atoms with van der Waals surface area (Å²) >= 11 is 2.23. The molecule has 2 aromatic rings. The minimum Gasteiger partial charge on any atom is -0.491 e. The summed E-state index contributed by atoms with van der Waals surface area (Å²) in [5.41, 5.74) is 1.62. The lowest BCUT2D eigenvalue weighted by Crippen LogP contribution is -2.21. The van der Waals surface area contributed by atoms with Gasteiger partial charge >= 0.3 is 0 Å². The lowest BCUT2D eigenvalue weighted by Gasteiger charge is -2.10. The first-order valence-electron chi connectivity index (χ1n) is 7.77. The largest absolute Gasteiger partial charge is 0.491 e. The summed E-state index contributed by atoms with van der Waals surface area (Å²) in [6, 6.07) is 15.2. The zero-order valence-corrected chi connectivity index (χ0v) is 15.7. The van der Waals surface area contributed by atoms with Crippen molar-refractivity contribution in [3.63, 3.8) is 0 Å². The maximum Gasteiger partial charge on any atom is 0.243 e. The number of halogens is 1. The van der Waals surface area contributed by atoms with Crippen molar-refractivity contribution < 1.29 is 14.3 Å². The molecule has 1 amide bonds. The van der Waals surface area contributed by atoms with Crippen LogP contribution in [0.1, 0.15) is 6.92 Å². The van der Waals surface area contributed by atoms with E-state index < -0.39 is 0 Å². The fourth-order valence-corrected chi connectivity index (χ4v) is 2.34. The van der Waals surface area contributed by atoms with Crippen LogP contribution in [0.3, 0.4) is 0 Å². The zero-order chi connectivity index (χ0) is 17.2. The highest BCUT2D eigenvalue weighted by molar-refractivity contribution is 14.1. The lowest BCUT2D eigenvalue weighted by molar-refractivity contribution is -0.114. The molecule has 2 aromatic carbocycles. The van der Waals surface area contributed by atoms with Crippen LogP contribution in [0, 0.1) is 3.57 Å². The predicted octanol–water partition coefficient (Wildman–Crippen LogP) is 3.76. The van der Waals surface area contributed by atoms with Crippen LogP contribution in [-0.2, 0) is 9.53 Å². The topological polar surface area (TPSA) is 59.6 Å². The number of nitrogens with one attached hydrogen (secondary N) is 2. The van der Waals surface area contributed by atoms with Gasteiger partial charge in [0.05, 0.1) is 13.2 Å². The normalized spacial score (nSPS) is 10.2. The van der Waals surface area contributed by atoms with Gasteiger partial charge in [-0.05, 0) is 65.9 Å². The maximum atomic E-state index is 12.0. The summed E-state index contributed by atoms with van der Waals surface area (Å²) < 4.78 is 12.0. The van der Waals surface area contributed by atoms with E-state index in [4.69, 9.17) is 9.47 Å². The summed E-state index contributed by atoms with van der Waals surface area (Å²) in [6.45, 7) is 3.89. The quantitative estimate of drug-likeness (QED) is 0.461. The van der Waals surface area contributed by atoms with Gasteiger partial charge in [-0.3, -0.25) is 4.79 Å². The highest BCUT2D eigenvalue weighted by Gasteiger charge is 2.03. The van der Waals surface area contributed by atoms with Gasteiger partial charge in [0, 0.05) is 27.6 Å². The Hall–Kier alpha value is -1.80. The van der Waals surface area contributed by atoms with Gasteiger partial charge in [-0.2, -0.15) is 0 Å². The summed E-state index contributed by atoms with van der Waals surface area (Å²) in [7, 11) is 0. The predicted molar refractivity (Wildman–Crippen MR) is 105 cm³/mol. The smallest absolute Gasteiger partial charge is 0.243 e. The summed E-state index contributed by atoms with van der Waals surface area (Å²) in [5, 5.41) is 5.94. The first kappa shape index (κ1) is 18.5. The highest BCUT2D eigenvalue weighted by atomic mass is 127. The molecule has 0 aromatic heterocycles. The minimum absolute atomic E-state index is 0.0983. The van der Waals surface area contributed by atoms with Crippen LogP contribution in [0.15, 0.2) is 48.5 Å². The molecule has 0 fully saturated rings. The third-order valence-corrected chi connectivity index (χ3v) is 3.83. The molecule has 0 spiro atoms. The van der Waals surface area contributed by atoms with Crippen molar-refractivity contribution in [1.29, 1.82) is 0 Å². The van der Waals surface area contributed by atoms with E-state index in [0.29, 0.717) is 19.8 Å². The van der Waals surface area contributed by atoms with Crippen molar-refractivity contribution >= 4 is 39.9 Å². The zero-order valence-electron chi connectivity index (χ0n) is 13.5. The average Bonchev–Trinajstić information content (AvgIpc) is 2.59. The van der Waals surface area contributed by atoms with Crippen molar-refractivity contribution in [2.45, 2.75) is 6.92 Å². The van der Waals surface area contributed by atoms with Gasteiger partial charge in [-0.15, -0.1) is 0 Å². The van der Waals surface area contributed by atoms with Crippen LogP contribution in [-0.4, -0.2) is 32.3 Å². The van der Waals surface area contributed by atoms with Gasteiger partial charge in [0.15, 0.2) is 0 Å². The van der Waals surface area contributed by atoms with Gasteiger partial charge in [0.1, 0.15) is 12.4 Å². The van der Waals surface area contributed by atoms with Gasteiger partial charge < -0.3 is 20.1 Å². The SMILES string of the molecule is CCOCCOc1cccc(NCC(=O)Nc2ccc(I)cc2)c1. The van der Waals surface area contributed by atoms with Crippen molar-refractivity contribution in [2.75, 3.05) is 37.0 Å². The Kier molecular flexibility index (Phi) is 7.84. The number of rotatable bonds is 9. The summed E-state index contributed by atoms with van der Waals surface area (Å²) in [6.07, 6.45) is 0. The van der Waals surface area contributed by atoms with E-state index in [1.165, 1.54) is 0 Å². The van der Waals surface area contributed by atoms with Crippen molar-refractivity contribution in [3.8, 4) is 5.75 Å². The van der Waals surface area contributed by atoms with Crippen LogP contribution in [0.2, 0.25) is 0 Å². The molecule has 0 aliphatic rings. The standard InChI is InChI=1S/C18H21IN2O3/c1-2-23-10-11-24-17-5-3-4-16(12-17)20-13-18(22)21-15-8-6-14(19)7-9-15/h3-9,12,20H,2,10-11,13H2,1H3,(H,21,22). The number of hydrogen-bond donors (Lipinski definition) is 2. The molecule has 0 radical (unpaired) electrons. The lowest BCUT2D eigenvalue weighted by atomic mass is 10.3. The van der Waals surface area contributed by atoms with Gasteiger partial charge in [-0.25, -0.2) is 0 Å². The maximum absolute atomic E-state index is 12.0. The van der Waals surface area contributed by atoms with Crippen molar-refractivity contribution in [1.82, 2.24) is 0 Å². The monoisotopic (exact) mass is 440 g/mol. The summed E-state index contributed by atoms with van der Waals surface area (Å²) in [4.78, 5) is 12.0. The first-order valence-corrected chi connectivity index (χ1v) is 8.85. The molecule has 2 N–H and O–H groups in total. The molecule has 0 aliphatic heterocycles. The van der Waals surface area contributed by atoms with Crippen LogP contribution < -0.4 is 15.4 Å². The van der Waals surface area contributed by atoms with Crippen LogP contribution in [0.4, 0.5) is 11.4 Å². The number of benzene rings is 2. The van der Waals surface area contributed by atoms with E-state index in [-0.39, 0.29) is 12.5 Å². The van der Waals surface area contributed by atoms with Gasteiger partial charge in [-0.1, -0.05) is 6.07 Å². The Balaban J connectivity index is 1.78. The Morgan fingerprint density at radius 2 is 1.88 bits per heavy atom. The number of anilines is 2. The van der Waals surface area contributed by atoms with Gasteiger partial charge in [0.2, 0.25) is 5.91 Å². The van der Waals surface area contributed by atoms with E-state index in [1.807, 2.05) is 55.5 Å². The Morgan fingerprint density at radius 1 is 1.08 bits per heavy atom. The molecule has 0 unspecified atom stereocenters. The molecule has 2 rings (SSSR count). The second-order valence-electron chi connectivity index (χ2n) is 4.98. The number of carbonyl (C=O) groups is 1. The Morgan fingerprint density at radius 3 is 2.62 bits per heavy atom. The fourth-order valence-electron chi connectivity index (χ4n) is 1.98. The second-order valence-corrected chi connectivity index (χ2v) is 6.23. The average molecular weight is 440 g/mol. The minimum atomic E-state index is -0.0983. The van der Waals surface area contributed by atoms with E-state index in [9.17, 15) is 4.79 Å². The van der Waals surface area contributed by atoms with E-state index in [2.05, 4.69) is 33.2 Å². The Labute approximate surface area is 155 Å². The molecule has 5 nitrogen and oxygen atoms in total. The molecular formula is C18H21IN2O3. The van der Waals surface area contributed by atoms with E-state index in [1.54, 1.807) is 0 Å². The Bertz CT molecular complexity index is 647. The molecule has 128 valence electrons. The van der Waals surface area contributed by atoms with Crippen molar-refractivity contribution in [2.24, 2.45) is 0 Å².